The van der Waals surface area contributed by atoms with E-state index in [4.69, 9.17) is 5.73 Å². The van der Waals surface area contributed by atoms with E-state index in [1.54, 1.807) is 0 Å². The summed E-state index contributed by atoms with van der Waals surface area (Å²) >= 11 is 0. The van der Waals surface area contributed by atoms with Crippen molar-refractivity contribution in [1.29, 1.82) is 0 Å². The maximum absolute atomic E-state index is 13.1. The molecular formula is C14H26F3N3. The number of piperidine rings is 2. The van der Waals surface area contributed by atoms with Gasteiger partial charge >= 0.3 is 6.18 Å². The molecule has 20 heavy (non-hydrogen) atoms. The molecule has 2 atom stereocenters. The minimum absolute atomic E-state index is 0.466. The lowest BCUT2D eigenvalue weighted by molar-refractivity contribution is -0.191. The molecule has 2 heterocycles. The quantitative estimate of drug-likeness (QED) is 0.866. The third-order valence-electron chi connectivity index (χ3n) is 4.63. The third kappa shape index (κ3) is 3.86. The molecule has 2 aliphatic rings. The number of nitrogens with zero attached hydrogens (tertiary/aromatic N) is 2. The fraction of sp³-hybridized carbons (Fsp3) is 1.00. The van der Waals surface area contributed by atoms with Crippen LogP contribution in [0.2, 0.25) is 0 Å². The molecule has 0 saturated carbocycles. The number of alkyl halides is 3. The number of rotatable bonds is 3. The van der Waals surface area contributed by atoms with Crippen molar-refractivity contribution < 1.29 is 13.2 Å². The zero-order valence-electron chi connectivity index (χ0n) is 12.2. The van der Waals surface area contributed by atoms with Crippen molar-refractivity contribution in [3.05, 3.63) is 0 Å². The first-order valence-corrected chi connectivity index (χ1v) is 7.70. The summed E-state index contributed by atoms with van der Waals surface area (Å²) in [6.45, 7) is 4.69. The van der Waals surface area contributed by atoms with Crippen molar-refractivity contribution in [2.24, 2.45) is 5.73 Å². The molecule has 2 N–H and O–H groups in total. The van der Waals surface area contributed by atoms with Gasteiger partial charge in [0.1, 0.15) is 6.04 Å². The van der Waals surface area contributed by atoms with E-state index in [0.29, 0.717) is 19.1 Å². The molecule has 3 nitrogen and oxygen atoms in total. The van der Waals surface area contributed by atoms with Gasteiger partial charge in [0.15, 0.2) is 0 Å². The van der Waals surface area contributed by atoms with E-state index in [1.807, 2.05) is 0 Å². The molecule has 0 radical (unpaired) electrons. The van der Waals surface area contributed by atoms with Gasteiger partial charge in [0.25, 0.3) is 0 Å². The second-order valence-electron chi connectivity index (χ2n) is 6.21. The van der Waals surface area contributed by atoms with Crippen molar-refractivity contribution in [2.45, 2.75) is 63.3 Å². The van der Waals surface area contributed by atoms with Crippen LogP contribution < -0.4 is 5.73 Å². The Hall–Kier alpha value is -0.330. The topological polar surface area (TPSA) is 32.5 Å². The zero-order chi connectivity index (χ0) is 14.8. The lowest BCUT2D eigenvalue weighted by Gasteiger charge is -2.43. The van der Waals surface area contributed by atoms with E-state index in [0.717, 1.165) is 25.9 Å². The van der Waals surface area contributed by atoms with Gasteiger partial charge in [-0.2, -0.15) is 13.2 Å². The summed E-state index contributed by atoms with van der Waals surface area (Å²) in [6.07, 6.45) is 1.18. The standard InChI is InChI=1S/C14H26F3N3/c1-11(18)13(14(15,16)17)20-9-5-12(6-10-20)19-7-3-2-4-8-19/h11-13H,2-10,18H2,1H3. The largest absolute Gasteiger partial charge is 0.405 e. The van der Waals surface area contributed by atoms with Gasteiger partial charge in [0.05, 0.1) is 0 Å². The highest BCUT2D eigenvalue weighted by molar-refractivity contribution is 4.90. The van der Waals surface area contributed by atoms with Gasteiger partial charge in [-0.3, -0.25) is 4.90 Å². The van der Waals surface area contributed by atoms with Gasteiger partial charge in [0, 0.05) is 25.2 Å². The van der Waals surface area contributed by atoms with Crippen LogP contribution in [0.25, 0.3) is 0 Å². The lowest BCUT2D eigenvalue weighted by atomic mass is 9.97. The van der Waals surface area contributed by atoms with E-state index >= 15 is 0 Å². The maximum Gasteiger partial charge on any atom is 0.405 e. The summed E-state index contributed by atoms with van der Waals surface area (Å²) in [5.41, 5.74) is 5.56. The van der Waals surface area contributed by atoms with Crippen LogP contribution in [0.4, 0.5) is 13.2 Å². The van der Waals surface area contributed by atoms with Crippen molar-refractivity contribution in [2.75, 3.05) is 26.2 Å². The van der Waals surface area contributed by atoms with Crippen molar-refractivity contribution in [3.63, 3.8) is 0 Å². The Morgan fingerprint density at radius 3 is 2.00 bits per heavy atom. The smallest absolute Gasteiger partial charge is 0.326 e. The third-order valence-corrected chi connectivity index (χ3v) is 4.63. The highest BCUT2D eigenvalue weighted by atomic mass is 19.4. The molecule has 2 unspecified atom stereocenters. The van der Waals surface area contributed by atoms with Gasteiger partial charge < -0.3 is 10.6 Å². The Labute approximate surface area is 119 Å². The summed E-state index contributed by atoms with van der Waals surface area (Å²) < 4.78 is 39.2. The van der Waals surface area contributed by atoms with Crippen molar-refractivity contribution in [3.8, 4) is 0 Å². The number of hydrogen-bond donors (Lipinski definition) is 1. The molecule has 2 fully saturated rings. The van der Waals surface area contributed by atoms with Crippen LogP contribution in [0.3, 0.4) is 0 Å². The van der Waals surface area contributed by atoms with Crippen LogP contribution in [0.5, 0.6) is 0 Å². The predicted molar refractivity (Wildman–Crippen MR) is 73.5 cm³/mol. The minimum atomic E-state index is -4.23. The molecule has 0 bridgehead atoms. The predicted octanol–water partition coefficient (Wildman–Crippen LogP) is 2.21. The normalized spacial score (nSPS) is 27.4. The Balaban J connectivity index is 1.89. The van der Waals surface area contributed by atoms with Gasteiger partial charge in [-0.05, 0) is 45.7 Å². The summed E-state index contributed by atoms with van der Waals surface area (Å²) in [6, 6.07) is -1.90. The van der Waals surface area contributed by atoms with Gasteiger partial charge in [-0.15, -0.1) is 0 Å². The molecular weight excluding hydrogens is 267 g/mol. The summed E-state index contributed by atoms with van der Waals surface area (Å²) in [5.74, 6) is 0. The maximum atomic E-state index is 13.1. The average Bonchev–Trinajstić information content (AvgIpc) is 2.38. The molecule has 118 valence electrons. The molecule has 0 aromatic carbocycles. The van der Waals surface area contributed by atoms with E-state index < -0.39 is 18.3 Å². The Morgan fingerprint density at radius 2 is 1.55 bits per heavy atom. The van der Waals surface area contributed by atoms with E-state index in [9.17, 15) is 13.2 Å². The van der Waals surface area contributed by atoms with Crippen LogP contribution in [0.1, 0.15) is 39.0 Å². The van der Waals surface area contributed by atoms with Crippen molar-refractivity contribution >= 4 is 0 Å². The van der Waals surface area contributed by atoms with E-state index in [1.165, 1.54) is 31.1 Å². The number of nitrogens with two attached hydrogens (primary N) is 1. The molecule has 0 aromatic heterocycles. The second kappa shape index (κ2) is 6.62. The first kappa shape index (κ1) is 16.0. The number of halogens is 3. The van der Waals surface area contributed by atoms with Crippen LogP contribution in [-0.2, 0) is 0 Å². The molecule has 0 aromatic rings. The highest BCUT2D eigenvalue weighted by Gasteiger charge is 2.46. The monoisotopic (exact) mass is 293 g/mol. The van der Waals surface area contributed by atoms with Gasteiger partial charge in [0.2, 0.25) is 0 Å². The molecule has 6 heteroatoms. The lowest BCUT2D eigenvalue weighted by Crippen LogP contribution is -2.58. The summed E-state index contributed by atoms with van der Waals surface area (Å²) in [7, 11) is 0. The van der Waals surface area contributed by atoms with Crippen LogP contribution in [0, 0.1) is 0 Å². The minimum Gasteiger partial charge on any atom is -0.326 e. The molecule has 0 spiro atoms. The number of hydrogen-bond acceptors (Lipinski definition) is 3. The second-order valence-corrected chi connectivity index (χ2v) is 6.21. The van der Waals surface area contributed by atoms with Gasteiger partial charge in [-0.25, -0.2) is 0 Å². The van der Waals surface area contributed by atoms with Crippen LogP contribution >= 0.6 is 0 Å². The molecule has 2 rings (SSSR count). The Kier molecular flexibility index (Phi) is 5.31. The SMILES string of the molecule is CC(N)C(N1CCC(N2CCCCC2)CC1)C(F)(F)F. The van der Waals surface area contributed by atoms with Crippen LogP contribution in [-0.4, -0.2) is 60.3 Å². The van der Waals surface area contributed by atoms with Crippen LogP contribution in [0.15, 0.2) is 0 Å². The van der Waals surface area contributed by atoms with E-state index in [2.05, 4.69) is 4.90 Å². The first-order chi connectivity index (χ1) is 9.39. The molecule has 0 amide bonds. The van der Waals surface area contributed by atoms with Gasteiger partial charge in [-0.1, -0.05) is 6.42 Å². The highest BCUT2D eigenvalue weighted by Crippen LogP contribution is 2.30. The molecule has 2 aliphatic heterocycles. The van der Waals surface area contributed by atoms with Crippen molar-refractivity contribution in [1.82, 2.24) is 9.80 Å². The number of likely N-dealkylation sites (tertiary alicyclic amines) is 2. The molecule has 2 saturated heterocycles. The fourth-order valence-electron chi connectivity index (χ4n) is 3.65. The fourth-order valence-corrected chi connectivity index (χ4v) is 3.65. The zero-order valence-corrected chi connectivity index (χ0v) is 12.2. The van der Waals surface area contributed by atoms with E-state index in [-0.39, 0.29) is 0 Å². The Morgan fingerprint density at radius 1 is 1.00 bits per heavy atom. The summed E-state index contributed by atoms with van der Waals surface area (Å²) in [5, 5.41) is 0. The summed E-state index contributed by atoms with van der Waals surface area (Å²) in [4.78, 5) is 4.00. The average molecular weight is 293 g/mol. The molecule has 0 aliphatic carbocycles. The first-order valence-electron chi connectivity index (χ1n) is 7.70. The Bertz CT molecular complexity index is 293.